The molecule has 0 aromatic carbocycles. The third kappa shape index (κ3) is 2.57. The van der Waals surface area contributed by atoms with E-state index in [9.17, 15) is 5.26 Å². The summed E-state index contributed by atoms with van der Waals surface area (Å²) in [4.78, 5) is 11.8. The van der Waals surface area contributed by atoms with Crippen LogP contribution in [0.2, 0.25) is 0 Å². The van der Waals surface area contributed by atoms with Crippen LogP contribution in [0.4, 0.5) is 0 Å². The zero-order valence-corrected chi connectivity index (χ0v) is 13.0. The van der Waals surface area contributed by atoms with Gasteiger partial charge in [0.15, 0.2) is 0 Å². The van der Waals surface area contributed by atoms with E-state index in [0.717, 1.165) is 28.8 Å². The Hall–Kier alpha value is -2.39. The Morgan fingerprint density at radius 3 is 3.04 bits per heavy atom. The number of aromatic nitrogens is 3. The Labute approximate surface area is 135 Å². The van der Waals surface area contributed by atoms with Gasteiger partial charge in [-0.1, -0.05) is 12.8 Å². The monoisotopic (exact) mass is 308 g/mol. The zero-order chi connectivity index (χ0) is 15.6. The lowest BCUT2D eigenvalue weighted by Gasteiger charge is -2.30. The van der Waals surface area contributed by atoms with Gasteiger partial charge in [0, 0.05) is 29.9 Å². The minimum Gasteiger partial charge on any atom is -0.346 e. The molecule has 0 radical (unpaired) electrons. The third-order valence-corrected chi connectivity index (χ3v) is 5.01. The molecule has 0 spiro atoms. The van der Waals surface area contributed by atoms with Gasteiger partial charge in [-0.25, -0.2) is 15.4 Å². The molecule has 0 amide bonds. The van der Waals surface area contributed by atoms with Crippen molar-refractivity contribution in [3.63, 3.8) is 0 Å². The van der Waals surface area contributed by atoms with E-state index < -0.39 is 0 Å². The van der Waals surface area contributed by atoms with E-state index in [0.29, 0.717) is 12.3 Å². The fourth-order valence-electron chi connectivity index (χ4n) is 3.85. The maximum Gasteiger partial charge on any atom is 0.141 e. The minimum atomic E-state index is 0.253. The van der Waals surface area contributed by atoms with Gasteiger partial charge in [0.2, 0.25) is 0 Å². The lowest BCUT2D eigenvalue weighted by Crippen LogP contribution is -2.42. The Morgan fingerprint density at radius 2 is 2.22 bits per heavy atom. The highest BCUT2D eigenvalue weighted by Crippen LogP contribution is 2.33. The SMILES string of the molecule is N#CC[C@H](C1CCCC1)N1C=C(c2ncnc3[nH]ccc23)CN1. The molecule has 1 aliphatic heterocycles. The van der Waals surface area contributed by atoms with Gasteiger partial charge in [0.05, 0.1) is 24.2 Å². The summed E-state index contributed by atoms with van der Waals surface area (Å²) < 4.78 is 0. The van der Waals surface area contributed by atoms with E-state index >= 15 is 0 Å². The number of hydrazine groups is 1. The Kier molecular flexibility index (Phi) is 3.72. The fourth-order valence-corrected chi connectivity index (χ4v) is 3.85. The number of rotatable bonds is 4. The first-order valence-corrected chi connectivity index (χ1v) is 8.25. The van der Waals surface area contributed by atoms with E-state index in [-0.39, 0.29) is 6.04 Å². The van der Waals surface area contributed by atoms with Gasteiger partial charge in [-0.3, -0.25) is 0 Å². The van der Waals surface area contributed by atoms with E-state index in [1.54, 1.807) is 6.33 Å². The third-order valence-electron chi connectivity index (χ3n) is 5.01. The molecule has 6 nitrogen and oxygen atoms in total. The van der Waals surface area contributed by atoms with Crippen molar-refractivity contribution in [1.82, 2.24) is 25.4 Å². The van der Waals surface area contributed by atoms with Gasteiger partial charge in [-0.15, -0.1) is 0 Å². The number of nitrogens with zero attached hydrogens (tertiary/aromatic N) is 4. The van der Waals surface area contributed by atoms with Crippen molar-refractivity contribution in [2.75, 3.05) is 6.54 Å². The molecule has 0 unspecified atom stereocenters. The average Bonchev–Trinajstić information content (AvgIpc) is 3.32. The molecule has 23 heavy (non-hydrogen) atoms. The number of nitriles is 1. The number of hydrogen-bond acceptors (Lipinski definition) is 5. The highest BCUT2D eigenvalue weighted by atomic mass is 15.5. The van der Waals surface area contributed by atoms with Gasteiger partial charge in [0.1, 0.15) is 12.0 Å². The van der Waals surface area contributed by atoms with Crippen molar-refractivity contribution in [2.24, 2.45) is 5.92 Å². The van der Waals surface area contributed by atoms with Gasteiger partial charge >= 0.3 is 0 Å². The van der Waals surface area contributed by atoms with Gasteiger partial charge < -0.3 is 9.99 Å². The number of hydrogen-bond donors (Lipinski definition) is 2. The molecule has 2 N–H and O–H groups in total. The summed E-state index contributed by atoms with van der Waals surface area (Å²) in [5.41, 5.74) is 6.42. The van der Waals surface area contributed by atoms with Gasteiger partial charge in [0.25, 0.3) is 0 Å². The normalized spacial score (nSPS) is 20.0. The molecule has 118 valence electrons. The molecule has 0 saturated heterocycles. The van der Waals surface area contributed by atoms with E-state index in [1.807, 2.05) is 12.3 Å². The summed E-state index contributed by atoms with van der Waals surface area (Å²) in [6.45, 7) is 0.742. The topological polar surface area (TPSA) is 80.6 Å². The second-order valence-corrected chi connectivity index (χ2v) is 6.33. The van der Waals surface area contributed by atoms with Crippen LogP contribution < -0.4 is 5.43 Å². The van der Waals surface area contributed by atoms with Crippen molar-refractivity contribution < 1.29 is 0 Å². The predicted octanol–water partition coefficient (Wildman–Crippen LogP) is 2.59. The molecular weight excluding hydrogens is 288 g/mol. The smallest absolute Gasteiger partial charge is 0.141 e. The lowest BCUT2D eigenvalue weighted by molar-refractivity contribution is 0.163. The highest BCUT2D eigenvalue weighted by molar-refractivity contribution is 5.88. The quantitative estimate of drug-likeness (QED) is 0.907. The fraction of sp³-hybridized carbons (Fsp3) is 0.471. The second kappa shape index (κ2) is 6.01. The molecule has 6 heteroatoms. The number of aromatic amines is 1. The van der Waals surface area contributed by atoms with Crippen molar-refractivity contribution in [1.29, 1.82) is 5.26 Å². The van der Waals surface area contributed by atoms with Crippen LogP contribution in [0.1, 0.15) is 37.8 Å². The molecule has 1 saturated carbocycles. The summed E-state index contributed by atoms with van der Waals surface area (Å²) in [5.74, 6) is 0.607. The number of nitrogens with one attached hydrogen (secondary N) is 2. The Balaban J connectivity index is 1.63. The molecule has 1 aliphatic carbocycles. The summed E-state index contributed by atoms with van der Waals surface area (Å²) in [6.07, 6.45) is 11.2. The first-order chi connectivity index (χ1) is 11.4. The molecule has 3 heterocycles. The first-order valence-electron chi connectivity index (χ1n) is 8.25. The van der Waals surface area contributed by atoms with Crippen molar-refractivity contribution in [3.8, 4) is 6.07 Å². The second-order valence-electron chi connectivity index (χ2n) is 6.33. The molecule has 0 bridgehead atoms. The molecule has 2 aromatic heterocycles. The van der Waals surface area contributed by atoms with E-state index in [4.69, 9.17) is 0 Å². The molecule has 2 aliphatic rings. The van der Waals surface area contributed by atoms with Gasteiger partial charge in [-0.05, 0) is 24.8 Å². The van der Waals surface area contributed by atoms with Crippen LogP contribution in [-0.2, 0) is 0 Å². The average molecular weight is 308 g/mol. The van der Waals surface area contributed by atoms with Crippen LogP contribution >= 0.6 is 0 Å². The van der Waals surface area contributed by atoms with E-state index in [1.165, 1.54) is 25.7 Å². The van der Waals surface area contributed by atoms with Gasteiger partial charge in [-0.2, -0.15) is 5.26 Å². The highest BCUT2D eigenvalue weighted by Gasteiger charge is 2.31. The molecule has 1 atom stereocenters. The van der Waals surface area contributed by atoms with Crippen LogP contribution in [-0.4, -0.2) is 32.5 Å². The minimum absolute atomic E-state index is 0.253. The van der Waals surface area contributed by atoms with Crippen LogP contribution in [0, 0.1) is 17.2 Å². The largest absolute Gasteiger partial charge is 0.346 e. The predicted molar refractivity (Wildman–Crippen MR) is 87.7 cm³/mol. The summed E-state index contributed by atoms with van der Waals surface area (Å²) >= 11 is 0. The maximum absolute atomic E-state index is 9.20. The summed E-state index contributed by atoms with van der Waals surface area (Å²) in [5, 5.41) is 12.4. The Bertz CT molecular complexity index is 765. The lowest BCUT2D eigenvalue weighted by atomic mass is 9.95. The zero-order valence-electron chi connectivity index (χ0n) is 13.0. The molecular formula is C17H20N6. The number of H-pyrrole nitrogens is 1. The molecule has 1 fully saturated rings. The number of fused-ring (bicyclic) bond motifs is 1. The van der Waals surface area contributed by atoms with E-state index in [2.05, 4.69) is 37.7 Å². The standard InChI is InChI=1S/C17H20N6/c18-7-5-15(12-3-1-2-4-12)23-10-13(9-22-23)16-14-6-8-19-17(14)21-11-20-16/h6,8,10-12,15,22H,1-5,9H2,(H,19,20,21)/t15-/m1/s1. The van der Waals surface area contributed by atoms with Crippen molar-refractivity contribution in [2.45, 2.75) is 38.1 Å². The summed E-state index contributed by atoms with van der Waals surface area (Å²) in [7, 11) is 0. The van der Waals surface area contributed by atoms with Crippen LogP contribution in [0.3, 0.4) is 0 Å². The summed E-state index contributed by atoms with van der Waals surface area (Å²) in [6, 6.07) is 4.63. The first kappa shape index (κ1) is 14.2. The Morgan fingerprint density at radius 1 is 1.35 bits per heavy atom. The van der Waals surface area contributed by atoms with Crippen LogP contribution in [0.25, 0.3) is 16.6 Å². The maximum atomic E-state index is 9.20. The van der Waals surface area contributed by atoms with Crippen molar-refractivity contribution >= 4 is 16.6 Å². The molecule has 4 rings (SSSR count). The van der Waals surface area contributed by atoms with Crippen LogP contribution in [0.15, 0.2) is 24.8 Å². The van der Waals surface area contributed by atoms with Crippen LogP contribution in [0.5, 0.6) is 0 Å². The van der Waals surface area contributed by atoms with Crippen molar-refractivity contribution in [3.05, 3.63) is 30.5 Å². The molecule has 2 aromatic rings.